The van der Waals surface area contributed by atoms with E-state index in [0.717, 1.165) is 49.4 Å². The average molecular weight is 378 g/mol. The summed E-state index contributed by atoms with van der Waals surface area (Å²) in [4.78, 5) is 0. The highest BCUT2D eigenvalue weighted by molar-refractivity contribution is 6.18. The lowest BCUT2D eigenvalue weighted by Gasteiger charge is -2.03. The third-order valence-corrected chi connectivity index (χ3v) is 5.39. The highest BCUT2D eigenvalue weighted by Gasteiger charge is 2.13. The van der Waals surface area contributed by atoms with E-state index in [2.05, 4.69) is 30.3 Å². The molecule has 6 aromatic rings. The van der Waals surface area contributed by atoms with E-state index in [1.54, 1.807) is 6.07 Å². The van der Waals surface area contributed by atoms with Crippen LogP contribution in [0.4, 0.5) is 0 Å². The molecular weight excluding hydrogens is 363 g/mol. The Kier molecular flexibility index (Phi) is 3.46. The second-order valence-corrected chi connectivity index (χ2v) is 7.03. The summed E-state index contributed by atoms with van der Waals surface area (Å²) in [6.45, 7) is 0. The molecule has 0 spiro atoms. The third kappa shape index (κ3) is 2.45. The fourth-order valence-electron chi connectivity index (χ4n) is 4.04. The van der Waals surface area contributed by atoms with Gasteiger partial charge in [0.25, 0.3) is 0 Å². The normalized spacial score (nSPS) is 11.6. The molecule has 0 unspecified atom stereocenters. The zero-order valence-corrected chi connectivity index (χ0v) is 15.4. The minimum absolute atomic E-state index is 0.389. The fraction of sp³-hybridized carbons (Fsp3) is 0. The largest absolute Gasteiger partial charge is 0.536 e. The quantitative estimate of drug-likeness (QED) is 0.396. The van der Waals surface area contributed by atoms with Gasteiger partial charge in [0.05, 0.1) is 0 Å². The van der Waals surface area contributed by atoms with E-state index >= 15 is 0 Å². The zero-order valence-electron chi connectivity index (χ0n) is 15.4. The van der Waals surface area contributed by atoms with E-state index in [1.807, 2.05) is 42.5 Å². The molecule has 0 atom stereocenters. The van der Waals surface area contributed by atoms with E-state index < -0.39 is 0 Å². The molecule has 0 fully saturated rings. The van der Waals surface area contributed by atoms with Crippen molar-refractivity contribution in [3.8, 4) is 16.9 Å². The van der Waals surface area contributed by atoms with Crippen LogP contribution >= 0.6 is 0 Å². The van der Waals surface area contributed by atoms with E-state index in [1.165, 1.54) is 0 Å². The first-order valence-corrected chi connectivity index (χ1v) is 9.42. The van der Waals surface area contributed by atoms with Gasteiger partial charge in [-0.1, -0.05) is 42.5 Å². The van der Waals surface area contributed by atoms with Gasteiger partial charge in [-0.2, -0.15) is 0 Å². The molecule has 0 saturated carbocycles. The molecule has 1 N–H and O–H groups in total. The first kappa shape index (κ1) is 16.3. The molecular formula is C24H15BO4. The van der Waals surface area contributed by atoms with Gasteiger partial charge in [0, 0.05) is 21.5 Å². The topological polar surface area (TPSA) is 55.7 Å². The third-order valence-electron chi connectivity index (χ3n) is 5.39. The standard InChI is InChI=1S/C24H15BO4/c26-25-29-23-7-3-5-17-19-13-15(9-11-22(19)28-24(17)23)14-8-10-21-18(12-14)16-4-1-2-6-20(16)27-21/h1-13,25-26H. The highest BCUT2D eigenvalue weighted by atomic mass is 16.5. The minimum Gasteiger partial charge on any atom is -0.536 e. The van der Waals surface area contributed by atoms with Crippen molar-refractivity contribution in [1.29, 1.82) is 0 Å². The Morgan fingerprint density at radius 3 is 2.07 bits per heavy atom. The van der Waals surface area contributed by atoms with Crippen molar-refractivity contribution in [2.45, 2.75) is 0 Å². The van der Waals surface area contributed by atoms with Gasteiger partial charge in [0.1, 0.15) is 22.5 Å². The van der Waals surface area contributed by atoms with Crippen molar-refractivity contribution in [3.05, 3.63) is 78.9 Å². The van der Waals surface area contributed by atoms with Crippen LogP contribution in [-0.4, -0.2) is 12.7 Å². The average Bonchev–Trinajstić information content (AvgIpc) is 3.32. The molecule has 0 amide bonds. The second kappa shape index (κ2) is 6.16. The Balaban J connectivity index is 1.56. The summed E-state index contributed by atoms with van der Waals surface area (Å²) in [5.74, 6) is 0.536. The van der Waals surface area contributed by atoms with Crippen molar-refractivity contribution >= 4 is 51.6 Å². The van der Waals surface area contributed by atoms with Crippen molar-refractivity contribution in [2.24, 2.45) is 0 Å². The summed E-state index contributed by atoms with van der Waals surface area (Å²) in [7, 11) is -0.389. The molecule has 138 valence electrons. The van der Waals surface area contributed by atoms with Gasteiger partial charge in [-0.15, -0.1) is 0 Å². The van der Waals surface area contributed by atoms with Gasteiger partial charge in [0.2, 0.25) is 0 Å². The van der Waals surface area contributed by atoms with Crippen LogP contribution in [0.5, 0.6) is 5.75 Å². The van der Waals surface area contributed by atoms with E-state index in [9.17, 15) is 0 Å². The van der Waals surface area contributed by atoms with Gasteiger partial charge in [-0.05, 0) is 47.5 Å². The van der Waals surface area contributed by atoms with Crippen LogP contribution < -0.4 is 4.65 Å². The molecule has 0 aliphatic rings. The predicted octanol–water partition coefficient (Wildman–Crippen LogP) is 5.79. The maximum Gasteiger partial charge on any atom is 0.504 e. The van der Waals surface area contributed by atoms with Crippen LogP contribution in [0.1, 0.15) is 0 Å². The number of furan rings is 2. The molecule has 2 aromatic heterocycles. The minimum atomic E-state index is -0.389. The van der Waals surface area contributed by atoms with Gasteiger partial charge in [0.15, 0.2) is 5.58 Å². The van der Waals surface area contributed by atoms with Gasteiger partial charge in [-0.3, -0.25) is 0 Å². The van der Waals surface area contributed by atoms with Gasteiger partial charge >= 0.3 is 7.69 Å². The van der Waals surface area contributed by atoms with Crippen LogP contribution in [0.2, 0.25) is 0 Å². The van der Waals surface area contributed by atoms with Crippen LogP contribution in [0.25, 0.3) is 55.0 Å². The number of para-hydroxylation sites is 2. The molecule has 4 aromatic carbocycles. The van der Waals surface area contributed by atoms with Crippen LogP contribution in [0.3, 0.4) is 0 Å². The molecule has 5 heteroatoms. The van der Waals surface area contributed by atoms with E-state index in [-0.39, 0.29) is 7.69 Å². The molecule has 6 rings (SSSR count). The molecule has 0 radical (unpaired) electrons. The number of fused-ring (bicyclic) bond motifs is 6. The van der Waals surface area contributed by atoms with Crippen molar-refractivity contribution in [1.82, 2.24) is 0 Å². The monoisotopic (exact) mass is 378 g/mol. The molecule has 29 heavy (non-hydrogen) atoms. The molecule has 0 saturated heterocycles. The SMILES string of the molecule is OBOc1cccc2c1oc1ccc(-c3ccc4oc5ccccc5c4c3)cc12. The lowest BCUT2D eigenvalue weighted by molar-refractivity contribution is 0.451. The van der Waals surface area contributed by atoms with E-state index in [0.29, 0.717) is 11.3 Å². The van der Waals surface area contributed by atoms with Crippen LogP contribution in [0, 0.1) is 0 Å². The van der Waals surface area contributed by atoms with Crippen molar-refractivity contribution < 1.29 is 18.5 Å². The summed E-state index contributed by atoms with van der Waals surface area (Å²) in [5, 5.41) is 13.3. The number of rotatable bonds is 3. The Labute approximate surface area is 166 Å². The predicted molar refractivity (Wildman–Crippen MR) is 116 cm³/mol. The number of benzene rings is 4. The van der Waals surface area contributed by atoms with Crippen molar-refractivity contribution in [3.63, 3.8) is 0 Å². The highest BCUT2D eigenvalue weighted by Crippen LogP contribution is 2.38. The second-order valence-electron chi connectivity index (χ2n) is 7.03. The number of hydrogen-bond donors (Lipinski definition) is 1. The Morgan fingerprint density at radius 2 is 1.28 bits per heavy atom. The zero-order chi connectivity index (χ0) is 19.4. The van der Waals surface area contributed by atoms with Crippen LogP contribution in [-0.2, 0) is 0 Å². The summed E-state index contributed by atoms with van der Waals surface area (Å²) < 4.78 is 17.2. The summed E-state index contributed by atoms with van der Waals surface area (Å²) in [5.41, 5.74) is 5.42. The maximum absolute atomic E-state index is 9.12. The Morgan fingerprint density at radius 1 is 0.621 bits per heavy atom. The molecule has 4 nitrogen and oxygen atoms in total. The molecule has 0 bridgehead atoms. The van der Waals surface area contributed by atoms with Crippen molar-refractivity contribution in [2.75, 3.05) is 0 Å². The molecule has 0 aliphatic carbocycles. The fourth-order valence-corrected chi connectivity index (χ4v) is 4.04. The molecule has 0 aliphatic heterocycles. The molecule has 2 heterocycles. The van der Waals surface area contributed by atoms with Gasteiger partial charge in [-0.25, -0.2) is 0 Å². The summed E-state index contributed by atoms with van der Waals surface area (Å²) in [6.07, 6.45) is 0. The maximum atomic E-state index is 9.12. The number of hydrogen-bond acceptors (Lipinski definition) is 4. The Hall–Kier alpha value is -3.70. The first-order valence-electron chi connectivity index (χ1n) is 9.42. The summed E-state index contributed by atoms with van der Waals surface area (Å²) >= 11 is 0. The van der Waals surface area contributed by atoms with Crippen LogP contribution in [0.15, 0.2) is 87.7 Å². The first-order chi connectivity index (χ1) is 14.3. The van der Waals surface area contributed by atoms with E-state index in [4.69, 9.17) is 18.5 Å². The Bertz CT molecular complexity index is 1530. The lowest BCUT2D eigenvalue weighted by Crippen LogP contribution is -1.99. The van der Waals surface area contributed by atoms with Gasteiger partial charge < -0.3 is 18.5 Å². The summed E-state index contributed by atoms with van der Waals surface area (Å²) in [6, 6.07) is 26.2. The lowest BCUT2D eigenvalue weighted by atomic mass is 10.0. The smallest absolute Gasteiger partial charge is 0.504 e.